The Morgan fingerprint density at radius 1 is 1.28 bits per heavy atom. The summed E-state index contributed by atoms with van der Waals surface area (Å²) in [5, 5.41) is 11.3. The number of methoxy groups -OCH3 is 1. The van der Waals surface area contributed by atoms with Crippen LogP contribution in [0.5, 0.6) is 5.75 Å². The molecule has 0 aromatic heterocycles. The monoisotopic (exact) mass is 342 g/mol. The van der Waals surface area contributed by atoms with Crippen LogP contribution in [0.4, 0.5) is 0 Å². The number of hydrogen-bond acceptors (Lipinski definition) is 3. The lowest BCUT2D eigenvalue weighted by atomic mass is 9.51. The number of rotatable bonds is 3. The maximum atomic E-state index is 12.4. The zero-order valence-corrected chi connectivity index (χ0v) is 15.7. The maximum Gasteiger partial charge on any atom is 0.161 e. The number of aryl methyl sites for hydroxylation is 1. The molecule has 0 bridgehead atoms. The Morgan fingerprint density at radius 2 is 2.08 bits per heavy atom. The van der Waals surface area contributed by atoms with E-state index in [1.165, 1.54) is 17.5 Å². The van der Waals surface area contributed by atoms with Gasteiger partial charge in [0.05, 0.1) is 7.11 Å². The number of fused-ring (bicyclic) bond motifs is 5. The predicted octanol–water partition coefficient (Wildman–Crippen LogP) is 4.26. The van der Waals surface area contributed by atoms with Crippen molar-refractivity contribution in [1.29, 1.82) is 0 Å². The van der Waals surface area contributed by atoms with Crippen molar-refractivity contribution in [3.8, 4) is 5.75 Å². The Balaban J connectivity index is 1.71. The molecule has 0 amide bonds. The molecule has 3 heteroatoms. The van der Waals surface area contributed by atoms with Crippen LogP contribution >= 0.6 is 0 Å². The number of aliphatic hydroxyl groups is 1. The summed E-state index contributed by atoms with van der Waals surface area (Å²) < 4.78 is 5.40. The van der Waals surface area contributed by atoms with Crippen LogP contribution in [-0.2, 0) is 11.2 Å². The Hall–Kier alpha value is -1.35. The van der Waals surface area contributed by atoms with Gasteiger partial charge in [-0.2, -0.15) is 0 Å². The van der Waals surface area contributed by atoms with Crippen molar-refractivity contribution in [3.05, 3.63) is 29.3 Å². The molecule has 5 atom stereocenters. The third-order valence-corrected chi connectivity index (χ3v) is 8.00. The van der Waals surface area contributed by atoms with Crippen LogP contribution in [0.2, 0.25) is 0 Å². The van der Waals surface area contributed by atoms with E-state index in [0.717, 1.165) is 37.9 Å². The van der Waals surface area contributed by atoms with Crippen molar-refractivity contribution in [1.82, 2.24) is 0 Å². The second kappa shape index (κ2) is 5.84. The molecule has 1 aromatic carbocycles. The summed E-state index contributed by atoms with van der Waals surface area (Å²) in [6, 6.07) is 6.55. The average molecular weight is 342 g/mol. The first-order valence-electron chi connectivity index (χ1n) is 9.87. The molecule has 136 valence electrons. The van der Waals surface area contributed by atoms with Crippen LogP contribution in [0.25, 0.3) is 0 Å². The molecular formula is C22H30O3. The number of benzene rings is 1. The van der Waals surface area contributed by atoms with E-state index in [2.05, 4.69) is 25.1 Å². The highest BCUT2D eigenvalue weighted by atomic mass is 16.5. The van der Waals surface area contributed by atoms with E-state index in [9.17, 15) is 9.90 Å². The molecule has 2 fully saturated rings. The zero-order chi connectivity index (χ0) is 17.8. The topological polar surface area (TPSA) is 46.5 Å². The lowest BCUT2D eigenvalue weighted by Gasteiger charge is -2.54. The second-order valence-electron chi connectivity index (χ2n) is 8.48. The fourth-order valence-corrected chi connectivity index (χ4v) is 6.78. The van der Waals surface area contributed by atoms with E-state index >= 15 is 0 Å². The van der Waals surface area contributed by atoms with Crippen molar-refractivity contribution in [2.45, 2.75) is 70.3 Å². The fraction of sp³-hybridized carbons (Fsp3) is 0.682. The predicted molar refractivity (Wildman–Crippen MR) is 97.9 cm³/mol. The van der Waals surface area contributed by atoms with E-state index in [4.69, 9.17) is 4.74 Å². The fourth-order valence-electron chi connectivity index (χ4n) is 6.78. The maximum absolute atomic E-state index is 12.4. The van der Waals surface area contributed by atoms with E-state index in [1.54, 1.807) is 14.0 Å². The molecule has 1 aromatic rings. The van der Waals surface area contributed by atoms with Crippen LogP contribution in [0.1, 0.15) is 69.4 Å². The molecule has 4 rings (SSSR count). The average Bonchev–Trinajstić information content (AvgIpc) is 2.95. The van der Waals surface area contributed by atoms with E-state index in [-0.39, 0.29) is 11.2 Å². The van der Waals surface area contributed by atoms with Gasteiger partial charge >= 0.3 is 0 Å². The molecule has 1 N–H and O–H groups in total. The molecule has 0 heterocycles. The van der Waals surface area contributed by atoms with Gasteiger partial charge in [0, 0.05) is 5.41 Å². The van der Waals surface area contributed by atoms with Crippen LogP contribution in [0, 0.1) is 17.3 Å². The second-order valence-corrected chi connectivity index (χ2v) is 8.48. The lowest BCUT2D eigenvalue weighted by Crippen LogP contribution is -2.55. The summed E-state index contributed by atoms with van der Waals surface area (Å²) >= 11 is 0. The third-order valence-electron chi connectivity index (χ3n) is 8.00. The highest BCUT2D eigenvalue weighted by Crippen LogP contribution is 2.65. The van der Waals surface area contributed by atoms with Crippen LogP contribution in [0.15, 0.2) is 18.2 Å². The minimum Gasteiger partial charge on any atom is -0.497 e. The standard InChI is InChI=1S/C22H30O3/c1-4-21-11-9-18-17-8-6-16(25-3)13-15(17)5-7-19(18)20(21)10-12-22(21,24)14(2)23/h6,8,13,18-20,24H,4-5,7,9-12H2,1-3H3/t18-,19-,20+,21+,22-/m1/s1. The Bertz CT molecular complexity index is 697. The molecule has 2 saturated carbocycles. The van der Waals surface area contributed by atoms with Crippen LogP contribution in [-0.4, -0.2) is 23.6 Å². The van der Waals surface area contributed by atoms with Gasteiger partial charge in [-0.15, -0.1) is 0 Å². The first kappa shape index (κ1) is 17.1. The van der Waals surface area contributed by atoms with Crippen molar-refractivity contribution >= 4 is 5.78 Å². The molecule has 25 heavy (non-hydrogen) atoms. The Kier molecular flexibility index (Phi) is 3.99. The van der Waals surface area contributed by atoms with Crippen molar-refractivity contribution in [3.63, 3.8) is 0 Å². The molecular weight excluding hydrogens is 312 g/mol. The minimum atomic E-state index is -1.10. The molecule has 0 aliphatic heterocycles. The highest BCUT2D eigenvalue weighted by Gasteiger charge is 2.64. The number of ketones is 1. The van der Waals surface area contributed by atoms with E-state index in [0.29, 0.717) is 24.2 Å². The van der Waals surface area contributed by atoms with Gasteiger partial charge in [-0.05, 0) is 92.9 Å². The van der Waals surface area contributed by atoms with Gasteiger partial charge in [0.15, 0.2) is 5.78 Å². The zero-order valence-electron chi connectivity index (χ0n) is 15.7. The molecule has 0 saturated heterocycles. The molecule has 3 aliphatic carbocycles. The third kappa shape index (κ3) is 2.17. The van der Waals surface area contributed by atoms with Crippen molar-refractivity contribution < 1.29 is 14.6 Å². The summed E-state index contributed by atoms with van der Waals surface area (Å²) in [5.74, 6) is 2.58. The largest absolute Gasteiger partial charge is 0.497 e. The minimum absolute atomic E-state index is 0.0174. The number of carbonyl (C=O) groups excluding carboxylic acids is 1. The van der Waals surface area contributed by atoms with Gasteiger partial charge < -0.3 is 9.84 Å². The Morgan fingerprint density at radius 3 is 2.76 bits per heavy atom. The first-order valence-corrected chi connectivity index (χ1v) is 9.87. The van der Waals surface area contributed by atoms with Crippen molar-refractivity contribution in [2.75, 3.05) is 7.11 Å². The van der Waals surface area contributed by atoms with Crippen LogP contribution < -0.4 is 4.74 Å². The van der Waals surface area contributed by atoms with Crippen LogP contribution in [0.3, 0.4) is 0 Å². The molecule has 0 unspecified atom stereocenters. The number of hydrogen-bond donors (Lipinski definition) is 1. The van der Waals surface area contributed by atoms with Gasteiger partial charge in [0.2, 0.25) is 0 Å². The lowest BCUT2D eigenvalue weighted by molar-refractivity contribution is -0.158. The summed E-state index contributed by atoms with van der Waals surface area (Å²) in [6.45, 7) is 3.77. The van der Waals surface area contributed by atoms with Gasteiger partial charge in [0.25, 0.3) is 0 Å². The molecule has 3 aliphatic rings. The summed E-state index contributed by atoms with van der Waals surface area (Å²) in [4.78, 5) is 12.4. The van der Waals surface area contributed by atoms with Gasteiger partial charge in [-0.1, -0.05) is 13.0 Å². The highest BCUT2D eigenvalue weighted by molar-refractivity contribution is 5.86. The molecule has 0 spiro atoms. The van der Waals surface area contributed by atoms with Gasteiger partial charge in [-0.3, -0.25) is 4.79 Å². The number of Topliss-reactive ketones (excluding diaryl/α,β-unsaturated/α-hetero) is 1. The van der Waals surface area contributed by atoms with E-state index < -0.39 is 5.60 Å². The number of ether oxygens (including phenoxy) is 1. The van der Waals surface area contributed by atoms with E-state index in [1.807, 2.05) is 0 Å². The Labute approximate surface area is 150 Å². The number of carbonyl (C=O) groups is 1. The van der Waals surface area contributed by atoms with Gasteiger partial charge in [0.1, 0.15) is 11.4 Å². The van der Waals surface area contributed by atoms with Crippen molar-refractivity contribution in [2.24, 2.45) is 17.3 Å². The summed E-state index contributed by atoms with van der Waals surface area (Å²) in [5.41, 5.74) is 1.62. The normalized spacial score (nSPS) is 39.3. The SMILES string of the molecule is CC[C@]12CC[C@@H]3c4ccc(OC)cc4CC[C@H]3[C@@H]1CC[C@@]2(O)C(C)=O. The molecule has 0 radical (unpaired) electrons. The summed E-state index contributed by atoms with van der Waals surface area (Å²) in [6.07, 6.45) is 6.87. The molecule has 3 nitrogen and oxygen atoms in total. The first-order chi connectivity index (χ1) is 12.0. The summed E-state index contributed by atoms with van der Waals surface area (Å²) in [7, 11) is 1.73. The van der Waals surface area contributed by atoms with Gasteiger partial charge in [-0.25, -0.2) is 0 Å². The smallest absolute Gasteiger partial charge is 0.161 e. The quantitative estimate of drug-likeness (QED) is 0.893.